The molecule has 0 amide bonds. The highest BCUT2D eigenvalue weighted by atomic mass is 35.5. The van der Waals surface area contributed by atoms with Crippen LogP contribution in [0.15, 0.2) is 12.1 Å². The number of hydrogen-bond donors (Lipinski definition) is 1. The van der Waals surface area contributed by atoms with Gasteiger partial charge in [0.1, 0.15) is 0 Å². The highest BCUT2D eigenvalue weighted by Gasteiger charge is 2.20. The van der Waals surface area contributed by atoms with Crippen LogP contribution in [0.2, 0.25) is 5.02 Å². The molecule has 1 aromatic rings. The molecule has 1 N–H and O–H groups in total. The smallest absolute Gasteiger partial charge is 0.213 e. The van der Waals surface area contributed by atoms with Gasteiger partial charge in [-0.25, -0.2) is 4.98 Å². The van der Waals surface area contributed by atoms with Crippen LogP contribution in [0.4, 0.5) is 0 Å². The average Bonchev–Trinajstić information content (AvgIpc) is 2.84. The van der Waals surface area contributed by atoms with E-state index in [1.165, 1.54) is 19.4 Å². The minimum absolute atomic E-state index is 0.408. The molecule has 1 aromatic heterocycles. The molecule has 1 aliphatic rings. The number of halogens is 1. The van der Waals surface area contributed by atoms with Crippen molar-refractivity contribution in [2.75, 3.05) is 20.2 Å². The van der Waals surface area contributed by atoms with Crippen LogP contribution in [0.1, 0.15) is 38.8 Å². The molecule has 1 aliphatic heterocycles. The summed E-state index contributed by atoms with van der Waals surface area (Å²) in [6.07, 6.45) is 3.63. The highest BCUT2D eigenvalue weighted by Crippen LogP contribution is 2.20. The summed E-state index contributed by atoms with van der Waals surface area (Å²) in [6.45, 7) is 6.79. The van der Waals surface area contributed by atoms with Crippen LogP contribution in [-0.2, 0) is 6.54 Å². The first-order chi connectivity index (χ1) is 10.1. The van der Waals surface area contributed by atoms with Crippen LogP contribution in [0.5, 0.6) is 5.88 Å². The maximum absolute atomic E-state index is 6.17. The lowest BCUT2D eigenvalue weighted by atomic mass is 10.1. The van der Waals surface area contributed by atoms with E-state index in [1.807, 2.05) is 12.1 Å². The van der Waals surface area contributed by atoms with Crippen LogP contribution in [0.25, 0.3) is 0 Å². The van der Waals surface area contributed by atoms with E-state index in [0.29, 0.717) is 36.1 Å². The second-order valence-electron chi connectivity index (χ2n) is 6.03. The lowest BCUT2D eigenvalue weighted by molar-refractivity contribution is 0.228. The summed E-state index contributed by atoms with van der Waals surface area (Å²) >= 11 is 6.17. The number of pyridine rings is 1. The molecule has 0 spiro atoms. The van der Waals surface area contributed by atoms with Crippen LogP contribution in [0.3, 0.4) is 0 Å². The molecule has 2 rings (SSSR count). The van der Waals surface area contributed by atoms with Gasteiger partial charge in [-0.15, -0.1) is 0 Å². The van der Waals surface area contributed by atoms with Crippen molar-refractivity contribution in [1.82, 2.24) is 15.2 Å². The van der Waals surface area contributed by atoms with Crippen molar-refractivity contribution in [1.29, 1.82) is 0 Å². The summed E-state index contributed by atoms with van der Waals surface area (Å²) in [4.78, 5) is 6.91. The van der Waals surface area contributed by atoms with Gasteiger partial charge in [0.05, 0.1) is 17.3 Å². The van der Waals surface area contributed by atoms with Gasteiger partial charge >= 0.3 is 0 Å². The van der Waals surface area contributed by atoms with Gasteiger partial charge in [0.25, 0.3) is 0 Å². The Hall–Kier alpha value is -0.840. The van der Waals surface area contributed by atoms with E-state index in [1.54, 1.807) is 0 Å². The predicted molar refractivity (Wildman–Crippen MR) is 87.0 cm³/mol. The molecule has 1 atom stereocenters. The number of ether oxygens (including phenoxy) is 1. The Morgan fingerprint density at radius 3 is 2.95 bits per heavy atom. The third-order valence-corrected chi connectivity index (χ3v) is 4.29. The van der Waals surface area contributed by atoms with Gasteiger partial charge in [0, 0.05) is 24.7 Å². The van der Waals surface area contributed by atoms with Gasteiger partial charge in [0.15, 0.2) is 0 Å². The fourth-order valence-corrected chi connectivity index (χ4v) is 2.79. The summed E-state index contributed by atoms with van der Waals surface area (Å²) in [5, 5.41) is 4.01. The van der Waals surface area contributed by atoms with E-state index >= 15 is 0 Å². The molecule has 1 fully saturated rings. The van der Waals surface area contributed by atoms with Gasteiger partial charge in [-0.05, 0) is 38.9 Å². The number of likely N-dealkylation sites (tertiary alicyclic amines) is 1. The maximum Gasteiger partial charge on any atom is 0.213 e. The normalized spacial score (nSPS) is 19.4. The van der Waals surface area contributed by atoms with Gasteiger partial charge in [-0.2, -0.15) is 0 Å². The van der Waals surface area contributed by atoms with Crippen molar-refractivity contribution < 1.29 is 4.74 Å². The fourth-order valence-electron chi connectivity index (χ4n) is 2.61. The molecular formula is C16H26ClN3O. The zero-order valence-corrected chi connectivity index (χ0v) is 14.0. The van der Waals surface area contributed by atoms with Gasteiger partial charge < -0.3 is 15.0 Å². The summed E-state index contributed by atoms with van der Waals surface area (Å²) in [5.74, 6) is 0.667. The van der Waals surface area contributed by atoms with E-state index < -0.39 is 0 Å². The molecular weight excluding hydrogens is 286 g/mol. The van der Waals surface area contributed by atoms with E-state index in [4.69, 9.17) is 16.3 Å². The standard InChI is InChI=1S/C16H26ClN3O/c1-12(2)18-11-15-14(17)6-7-16(19-15)21-10-8-13-5-4-9-20(13)3/h6-7,12-13,18H,4-5,8-11H2,1-3H3. The third-order valence-electron chi connectivity index (χ3n) is 3.94. The molecule has 1 saturated heterocycles. The number of nitrogens with zero attached hydrogens (tertiary/aromatic N) is 2. The minimum Gasteiger partial charge on any atom is -0.478 e. The van der Waals surface area contributed by atoms with Crippen molar-refractivity contribution >= 4 is 11.6 Å². The molecule has 4 nitrogen and oxygen atoms in total. The molecule has 0 bridgehead atoms. The average molecular weight is 312 g/mol. The molecule has 0 saturated carbocycles. The fraction of sp³-hybridized carbons (Fsp3) is 0.688. The monoisotopic (exact) mass is 311 g/mol. The molecule has 21 heavy (non-hydrogen) atoms. The zero-order valence-electron chi connectivity index (χ0n) is 13.2. The summed E-state index contributed by atoms with van der Waals surface area (Å²) in [7, 11) is 2.19. The third kappa shape index (κ3) is 5.13. The van der Waals surface area contributed by atoms with Crippen molar-refractivity contribution in [3.05, 3.63) is 22.8 Å². The zero-order chi connectivity index (χ0) is 15.2. The summed E-state index contributed by atoms with van der Waals surface area (Å²) < 4.78 is 5.79. The molecule has 1 unspecified atom stereocenters. The number of aromatic nitrogens is 1. The number of hydrogen-bond acceptors (Lipinski definition) is 4. The van der Waals surface area contributed by atoms with E-state index in [9.17, 15) is 0 Å². The Balaban J connectivity index is 1.83. The van der Waals surface area contributed by atoms with Gasteiger partial charge in [0.2, 0.25) is 5.88 Å². The van der Waals surface area contributed by atoms with Crippen LogP contribution >= 0.6 is 11.6 Å². The van der Waals surface area contributed by atoms with Gasteiger partial charge in [-0.1, -0.05) is 25.4 Å². The second kappa shape index (κ2) is 7.97. The maximum atomic E-state index is 6.17. The van der Waals surface area contributed by atoms with Crippen molar-refractivity contribution in [3.8, 4) is 5.88 Å². The number of rotatable bonds is 7. The Morgan fingerprint density at radius 1 is 1.48 bits per heavy atom. The Bertz CT molecular complexity index is 453. The molecule has 0 aromatic carbocycles. The summed E-state index contributed by atoms with van der Waals surface area (Å²) in [6, 6.07) is 4.77. The molecule has 2 heterocycles. The Kier molecular flexibility index (Phi) is 6.27. The lowest BCUT2D eigenvalue weighted by Gasteiger charge is -2.19. The highest BCUT2D eigenvalue weighted by molar-refractivity contribution is 6.31. The molecule has 0 radical (unpaired) electrons. The van der Waals surface area contributed by atoms with Crippen molar-refractivity contribution in [2.24, 2.45) is 0 Å². The van der Waals surface area contributed by atoms with Crippen LogP contribution < -0.4 is 10.1 Å². The molecule has 5 heteroatoms. The first-order valence-electron chi connectivity index (χ1n) is 7.78. The van der Waals surface area contributed by atoms with E-state index in [0.717, 1.165) is 12.1 Å². The predicted octanol–water partition coefficient (Wildman–Crippen LogP) is 3.10. The van der Waals surface area contributed by atoms with Crippen molar-refractivity contribution in [2.45, 2.75) is 51.7 Å². The van der Waals surface area contributed by atoms with E-state index in [-0.39, 0.29) is 0 Å². The molecule has 0 aliphatic carbocycles. The quantitative estimate of drug-likeness (QED) is 0.839. The van der Waals surface area contributed by atoms with Crippen molar-refractivity contribution in [3.63, 3.8) is 0 Å². The van der Waals surface area contributed by atoms with E-state index in [2.05, 4.69) is 36.1 Å². The Morgan fingerprint density at radius 2 is 2.29 bits per heavy atom. The minimum atomic E-state index is 0.408. The Labute approximate surface area is 132 Å². The largest absolute Gasteiger partial charge is 0.478 e. The first-order valence-corrected chi connectivity index (χ1v) is 8.16. The summed E-state index contributed by atoms with van der Waals surface area (Å²) in [5.41, 5.74) is 0.848. The lowest BCUT2D eigenvalue weighted by Crippen LogP contribution is -2.26. The van der Waals surface area contributed by atoms with Crippen LogP contribution in [-0.4, -0.2) is 42.2 Å². The SMILES string of the molecule is CC(C)NCc1nc(OCCC2CCCN2C)ccc1Cl. The van der Waals surface area contributed by atoms with Crippen LogP contribution in [0, 0.1) is 0 Å². The molecule has 118 valence electrons. The second-order valence-corrected chi connectivity index (χ2v) is 6.43. The topological polar surface area (TPSA) is 37.4 Å². The van der Waals surface area contributed by atoms with Gasteiger partial charge in [-0.3, -0.25) is 0 Å². The number of nitrogens with one attached hydrogen (secondary N) is 1. The first kappa shape index (κ1) is 16.5.